The highest BCUT2D eigenvalue weighted by molar-refractivity contribution is 7.99. The molecule has 0 radical (unpaired) electrons. The van der Waals surface area contributed by atoms with Gasteiger partial charge in [-0.3, -0.25) is 4.79 Å². The second kappa shape index (κ2) is 8.08. The lowest BCUT2D eigenvalue weighted by molar-refractivity contribution is -0.254. The highest BCUT2D eigenvalue weighted by atomic mass is 32.2. The van der Waals surface area contributed by atoms with Crippen molar-refractivity contribution in [2.24, 2.45) is 0 Å². The average molecular weight is 404 g/mol. The lowest BCUT2D eigenvalue weighted by Gasteiger charge is -2.39. The Morgan fingerprint density at radius 1 is 1.15 bits per heavy atom. The monoisotopic (exact) mass is 404 g/mol. The first-order valence-electron chi connectivity index (χ1n) is 8.22. The van der Waals surface area contributed by atoms with Crippen LogP contribution in [0.4, 0.5) is 0 Å². The van der Waals surface area contributed by atoms with Crippen LogP contribution in [0, 0.1) is 0 Å². The molecule has 2 aliphatic heterocycles. The van der Waals surface area contributed by atoms with Gasteiger partial charge in [0.2, 0.25) is 0 Å². The van der Waals surface area contributed by atoms with E-state index in [-0.39, 0.29) is 0 Å². The zero-order chi connectivity index (χ0) is 19.7. The van der Waals surface area contributed by atoms with Crippen LogP contribution in [0.3, 0.4) is 0 Å². The van der Waals surface area contributed by atoms with Crippen LogP contribution >= 0.6 is 11.8 Å². The molecular weight excluding hydrogens is 384 g/mol. The fourth-order valence-corrected chi connectivity index (χ4v) is 3.92. The molecule has 5 atom stereocenters. The highest BCUT2D eigenvalue weighted by Gasteiger charge is 2.46. The van der Waals surface area contributed by atoms with Gasteiger partial charge in [-0.15, -0.1) is 5.10 Å². The number of thioether (sulfide) groups is 1. The number of carbonyl (C=O) groups excluding carboxylic acids is 1. The van der Waals surface area contributed by atoms with E-state index in [4.69, 9.17) is 4.74 Å². The molecule has 1 aromatic heterocycles. The average Bonchev–Trinajstić information content (AvgIpc) is 3.11. The van der Waals surface area contributed by atoms with Crippen LogP contribution in [0.1, 0.15) is 27.2 Å². The van der Waals surface area contributed by atoms with Gasteiger partial charge in [0, 0.05) is 24.6 Å². The zero-order valence-corrected chi connectivity index (χ0v) is 14.9. The number of hydrogen-bond acceptors (Lipinski definition) is 10. The van der Waals surface area contributed by atoms with E-state index < -0.39 is 60.5 Å². The minimum absolute atomic E-state index is 0.411. The van der Waals surface area contributed by atoms with Crippen molar-refractivity contribution in [2.75, 3.05) is 31.2 Å². The number of carboxylic acids is 1. The molecule has 2 fully saturated rings. The molecule has 0 aromatic carbocycles. The first-order chi connectivity index (χ1) is 12.9. The predicted molar refractivity (Wildman–Crippen MR) is 89.2 cm³/mol. The summed E-state index contributed by atoms with van der Waals surface area (Å²) in [6, 6.07) is 0. The fraction of sp³-hybridized carbons (Fsp3) is 0.714. The summed E-state index contributed by atoms with van der Waals surface area (Å²) in [4.78, 5) is 25.9. The van der Waals surface area contributed by atoms with Crippen LogP contribution < -0.4 is 0 Å². The number of nitrogens with zero attached hydrogens (tertiary/aromatic N) is 4. The van der Waals surface area contributed by atoms with Crippen LogP contribution in [0.5, 0.6) is 0 Å². The summed E-state index contributed by atoms with van der Waals surface area (Å²) in [5.74, 6) is -0.695. The molecule has 5 N–H and O–H groups in total. The predicted octanol–water partition coefficient (Wildman–Crippen LogP) is -2.86. The normalized spacial score (nSPS) is 31.7. The van der Waals surface area contributed by atoms with E-state index in [2.05, 4.69) is 10.3 Å². The largest absolute Gasteiger partial charge is 0.476 e. The Morgan fingerprint density at radius 2 is 1.81 bits per heavy atom. The third-order valence-corrected chi connectivity index (χ3v) is 5.45. The van der Waals surface area contributed by atoms with Crippen molar-refractivity contribution in [1.82, 2.24) is 19.9 Å². The van der Waals surface area contributed by atoms with Crippen molar-refractivity contribution in [3.63, 3.8) is 0 Å². The summed E-state index contributed by atoms with van der Waals surface area (Å²) >= 11 is 1.67. The van der Waals surface area contributed by atoms with Gasteiger partial charge in [0.15, 0.2) is 17.6 Å². The van der Waals surface area contributed by atoms with Crippen LogP contribution in [-0.2, 0) is 4.74 Å². The van der Waals surface area contributed by atoms with E-state index in [0.29, 0.717) is 17.8 Å². The molecule has 150 valence electrons. The second-order valence-electron chi connectivity index (χ2n) is 6.16. The van der Waals surface area contributed by atoms with Gasteiger partial charge >= 0.3 is 5.97 Å². The van der Waals surface area contributed by atoms with Crippen LogP contribution in [0.25, 0.3) is 0 Å². The first-order valence-corrected chi connectivity index (χ1v) is 9.38. The summed E-state index contributed by atoms with van der Waals surface area (Å²) in [5.41, 5.74) is -1.02. The summed E-state index contributed by atoms with van der Waals surface area (Å²) < 4.78 is 5.98. The van der Waals surface area contributed by atoms with E-state index in [1.807, 2.05) is 0 Å². The van der Waals surface area contributed by atoms with Crippen LogP contribution in [0.2, 0.25) is 0 Å². The number of aliphatic hydroxyl groups is 4. The first kappa shape index (κ1) is 20.0. The molecular formula is C14H20N4O8S. The zero-order valence-electron chi connectivity index (χ0n) is 14.1. The van der Waals surface area contributed by atoms with Gasteiger partial charge in [0.05, 0.1) is 6.61 Å². The van der Waals surface area contributed by atoms with Crippen molar-refractivity contribution in [2.45, 2.75) is 30.6 Å². The van der Waals surface area contributed by atoms with Crippen molar-refractivity contribution in [3.05, 3.63) is 11.4 Å². The minimum Gasteiger partial charge on any atom is -0.476 e. The number of carboxylic acid groups (broad SMARTS) is 1. The van der Waals surface area contributed by atoms with Gasteiger partial charge in [-0.1, -0.05) is 5.21 Å². The van der Waals surface area contributed by atoms with Crippen LogP contribution in [0.15, 0.2) is 0 Å². The number of aromatic carboxylic acids is 1. The number of carbonyl (C=O) groups is 2. The summed E-state index contributed by atoms with van der Waals surface area (Å²) in [6.45, 7) is 0.195. The molecule has 0 saturated carbocycles. The van der Waals surface area contributed by atoms with E-state index in [1.165, 1.54) is 4.90 Å². The Labute approximate surface area is 157 Å². The number of ether oxygens (including phenoxy) is 1. The molecule has 1 amide bonds. The fourth-order valence-electron chi connectivity index (χ4n) is 3.02. The Kier molecular flexibility index (Phi) is 5.98. The third kappa shape index (κ3) is 3.66. The van der Waals surface area contributed by atoms with E-state index in [0.717, 1.165) is 11.5 Å². The van der Waals surface area contributed by atoms with Gasteiger partial charge in [0.25, 0.3) is 5.91 Å². The van der Waals surface area contributed by atoms with Gasteiger partial charge < -0.3 is 35.2 Å². The molecule has 3 heterocycles. The Bertz CT molecular complexity index is 707. The number of amides is 1. The van der Waals surface area contributed by atoms with Gasteiger partial charge in [-0.05, 0) is 0 Å². The number of rotatable bonds is 4. The molecule has 2 saturated heterocycles. The SMILES string of the molecule is O=C(O)c1c(C(=O)N2CCSCC2)nnn1[C@@H]1O[C@H](CO)[C@@H](O)[C@H](O)[C@H]1O. The Hall–Kier alpha value is -1.77. The maximum Gasteiger partial charge on any atom is 0.356 e. The van der Waals surface area contributed by atoms with Gasteiger partial charge in [0.1, 0.15) is 24.4 Å². The number of aromatic nitrogens is 3. The molecule has 0 spiro atoms. The second-order valence-corrected chi connectivity index (χ2v) is 7.39. The molecule has 2 aliphatic rings. The minimum atomic E-state index is -1.75. The molecule has 13 heteroatoms. The standard InChI is InChI=1S/C14H20N4O8S/c19-5-6-9(20)10(21)11(22)13(26-6)18-8(14(24)25)7(15-16-18)12(23)17-1-3-27-4-2-17/h6,9-11,13,19-22H,1-5H2,(H,24,25)/t6-,9-,10+,11-,13-/m1/s1. The van der Waals surface area contributed by atoms with Crippen molar-refractivity contribution in [1.29, 1.82) is 0 Å². The molecule has 3 rings (SSSR count). The number of aliphatic hydroxyl groups excluding tert-OH is 4. The summed E-state index contributed by atoms with van der Waals surface area (Å²) in [5, 5.41) is 56.0. The smallest absolute Gasteiger partial charge is 0.356 e. The quantitative estimate of drug-likeness (QED) is 0.348. The Morgan fingerprint density at radius 3 is 2.41 bits per heavy atom. The molecule has 0 bridgehead atoms. The lowest BCUT2D eigenvalue weighted by atomic mass is 9.98. The molecule has 12 nitrogen and oxygen atoms in total. The summed E-state index contributed by atoms with van der Waals surface area (Å²) in [7, 11) is 0. The van der Waals surface area contributed by atoms with Gasteiger partial charge in [-0.25, -0.2) is 9.48 Å². The van der Waals surface area contributed by atoms with Crippen molar-refractivity contribution >= 4 is 23.6 Å². The van der Waals surface area contributed by atoms with Gasteiger partial charge in [-0.2, -0.15) is 11.8 Å². The maximum atomic E-state index is 12.6. The van der Waals surface area contributed by atoms with Crippen molar-refractivity contribution < 1.29 is 39.9 Å². The summed E-state index contributed by atoms with van der Waals surface area (Å²) in [6.07, 6.45) is -7.89. The third-order valence-electron chi connectivity index (χ3n) is 4.51. The molecule has 27 heavy (non-hydrogen) atoms. The topological polar surface area (TPSA) is 178 Å². The molecule has 1 aromatic rings. The molecule has 0 unspecified atom stereocenters. The van der Waals surface area contributed by atoms with E-state index in [1.54, 1.807) is 11.8 Å². The maximum absolute atomic E-state index is 12.6. The van der Waals surface area contributed by atoms with Crippen molar-refractivity contribution in [3.8, 4) is 0 Å². The van der Waals surface area contributed by atoms with Crippen LogP contribution in [-0.4, -0.2) is 113 Å². The molecule has 0 aliphatic carbocycles. The lowest BCUT2D eigenvalue weighted by Crippen LogP contribution is -2.57. The highest BCUT2D eigenvalue weighted by Crippen LogP contribution is 2.29. The van der Waals surface area contributed by atoms with E-state index in [9.17, 15) is 35.1 Å². The Balaban J connectivity index is 1.95. The van der Waals surface area contributed by atoms with E-state index >= 15 is 0 Å². The number of hydrogen-bond donors (Lipinski definition) is 5.